The smallest absolute Gasteiger partial charge is 0.213 e. The maximum absolute atomic E-state index is 5.20. The number of pyridine rings is 1. The fourth-order valence-corrected chi connectivity index (χ4v) is 4.03. The number of fused-ring (bicyclic) bond motifs is 1. The molecule has 0 unspecified atom stereocenters. The van der Waals surface area contributed by atoms with Crippen LogP contribution in [0.2, 0.25) is 0 Å². The van der Waals surface area contributed by atoms with E-state index in [0.717, 1.165) is 47.2 Å². The van der Waals surface area contributed by atoms with Crippen LogP contribution >= 0.6 is 11.8 Å². The Kier molecular flexibility index (Phi) is 5.45. The van der Waals surface area contributed by atoms with E-state index in [0.29, 0.717) is 17.8 Å². The first-order chi connectivity index (χ1) is 14.0. The van der Waals surface area contributed by atoms with Crippen LogP contribution in [0.25, 0.3) is 11.4 Å². The third-order valence-corrected chi connectivity index (χ3v) is 5.82. The summed E-state index contributed by atoms with van der Waals surface area (Å²) in [6.07, 6.45) is 6.92. The summed E-state index contributed by atoms with van der Waals surface area (Å²) in [5, 5.41) is 12.0. The minimum atomic E-state index is 0.311. The molecule has 0 fully saturated rings. The van der Waals surface area contributed by atoms with Crippen LogP contribution in [0.3, 0.4) is 0 Å². The van der Waals surface area contributed by atoms with Gasteiger partial charge < -0.3 is 10.1 Å². The summed E-state index contributed by atoms with van der Waals surface area (Å²) in [6, 6.07) is 5.85. The molecule has 0 atom stereocenters. The highest BCUT2D eigenvalue weighted by molar-refractivity contribution is 7.98. The van der Waals surface area contributed by atoms with Crippen LogP contribution in [0.4, 0.5) is 5.82 Å². The molecule has 4 rings (SSSR count). The van der Waals surface area contributed by atoms with Gasteiger partial charge in [0.2, 0.25) is 5.88 Å². The van der Waals surface area contributed by atoms with Gasteiger partial charge in [-0.2, -0.15) is 5.10 Å². The van der Waals surface area contributed by atoms with E-state index in [9.17, 15) is 0 Å². The average molecular weight is 411 g/mol. The predicted octanol–water partition coefficient (Wildman–Crippen LogP) is 4.12. The highest BCUT2D eigenvalue weighted by atomic mass is 32.2. The molecule has 0 bridgehead atoms. The maximum atomic E-state index is 5.20. The number of anilines is 1. The lowest BCUT2D eigenvalue weighted by Gasteiger charge is -2.29. The molecule has 8 heteroatoms. The van der Waals surface area contributed by atoms with Crippen molar-refractivity contribution in [3.8, 4) is 17.3 Å². The Balaban J connectivity index is 1.60. The van der Waals surface area contributed by atoms with Crippen LogP contribution in [-0.4, -0.2) is 38.5 Å². The molecule has 29 heavy (non-hydrogen) atoms. The van der Waals surface area contributed by atoms with E-state index in [1.54, 1.807) is 13.3 Å². The van der Waals surface area contributed by atoms with Crippen molar-refractivity contribution in [1.29, 1.82) is 0 Å². The van der Waals surface area contributed by atoms with Crippen molar-refractivity contribution in [3.05, 3.63) is 41.2 Å². The van der Waals surface area contributed by atoms with Crippen LogP contribution < -0.4 is 10.1 Å². The van der Waals surface area contributed by atoms with Gasteiger partial charge in [-0.3, -0.25) is 5.10 Å². The lowest BCUT2D eigenvalue weighted by molar-refractivity contribution is 0.312. The minimum absolute atomic E-state index is 0.311. The first-order valence-electron chi connectivity index (χ1n) is 9.70. The lowest BCUT2D eigenvalue weighted by atomic mass is 9.76. The van der Waals surface area contributed by atoms with Gasteiger partial charge in [0.1, 0.15) is 11.5 Å². The standard InChI is InChI=1S/C21H26N6OS/c1-21(2)7-5-14-16(11-21)26-27-19(14)15-10-17(25-20(24-15)29-4)23-12-13-6-8-22-18(9-13)28-3/h6,8-10H,5,7,11-12H2,1-4H3,(H,26,27)(H,23,24,25). The van der Waals surface area contributed by atoms with Crippen molar-refractivity contribution in [2.45, 2.75) is 44.8 Å². The first kappa shape index (κ1) is 19.7. The minimum Gasteiger partial charge on any atom is -0.481 e. The van der Waals surface area contributed by atoms with E-state index in [1.807, 2.05) is 24.5 Å². The van der Waals surface area contributed by atoms with E-state index >= 15 is 0 Å². The zero-order chi connectivity index (χ0) is 20.4. The molecule has 3 aromatic heterocycles. The second-order valence-electron chi connectivity index (χ2n) is 8.06. The topological polar surface area (TPSA) is 88.6 Å². The number of hydrogen-bond donors (Lipinski definition) is 2. The van der Waals surface area contributed by atoms with E-state index < -0.39 is 0 Å². The number of hydrogen-bond acceptors (Lipinski definition) is 7. The van der Waals surface area contributed by atoms with Crippen LogP contribution in [0, 0.1) is 5.41 Å². The van der Waals surface area contributed by atoms with Crippen molar-refractivity contribution < 1.29 is 4.74 Å². The molecular formula is C21H26N6OS. The fourth-order valence-electron chi connectivity index (χ4n) is 3.65. The van der Waals surface area contributed by atoms with E-state index in [1.165, 1.54) is 23.0 Å². The summed E-state index contributed by atoms with van der Waals surface area (Å²) < 4.78 is 5.20. The summed E-state index contributed by atoms with van der Waals surface area (Å²) in [5.41, 5.74) is 5.71. The van der Waals surface area contributed by atoms with E-state index in [-0.39, 0.29) is 0 Å². The quantitative estimate of drug-likeness (QED) is 0.467. The highest BCUT2D eigenvalue weighted by Crippen LogP contribution is 2.37. The third kappa shape index (κ3) is 4.37. The van der Waals surface area contributed by atoms with Crippen LogP contribution in [0.1, 0.15) is 37.1 Å². The van der Waals surface area contributed by atoms with Crippen LogP contribution in [-0.2, 0) is 19.4 Å². The van der Waals surface area contributed by atoms with Gasteiger partial charge in [-0.25, -0.2) is 15.0 Å². The van der Waals surface area contributed by atoms with Gasteiger partial charge >= 0.3 is 0 Å². The summed E-state index contributed by atoms with van der Waals surface area (Å²) in [7, 11) is 1.62. The SMILES string of the molecule is COc1cc(CNc2cc(-c3n[nH]c4c3CCC(C)(C)C4)nc(SC)n2)ccn1. The number of methoxy groups -OCH3 is 1. The molecule has 1 aliphatic carbocycles. The number of thioether (sulfide) groups is 1. The number of aromatic nitrogens is 5. The van der Waals surface area contributed by atoms with Crippen LogP contribution in [0.5, 0.6) is 5.88 Å². The van der Waals surface area contributed by atoms with Gasteiger partial charge in [-0.15, -0.1) is 0 Å². The average Bonchev–Trinajstić information content (AvgIpc) is 3.14. The van der Waals surface area contributed by atoms with Gasteiger partial charge in [0, 0.05) is 36.1 Å². The van der Waals surface area contributed by atoms with Gasteiger partial charge in [-0.05, 0) is 42.6 Å². The Morgan fingerprint density at radius 1 is 1.28 bits per heavy atom. The van der Waals surface area contributed by atoms with Crippen LogP contribution in [0.15, 0.2) is 29.6 Å². The van der Waals surface area contributed by atoms with Crippen molar-refractivity contribution in [2.75, 3.05) is 18.7 Å². The predicted molar refractivity (Wildman–Crippen MR) is 115 cm³/mol. The first-order valence-corrected chi connectivity index (χ1v) is 10.9. The van der Waals surface area contributed by atoms with Gasteiger partial charge in [0.15, 0.2) is 5.16 Å². The molecule has 7 nitrogen and oxygen atoms in total. The lowest BCUT2D eigenvalue weighted by Crippen LogP contribution is -2.22. The Hall–Kier alpha value is -2.61. The number of nitrogens with zero attached hydrogens (tertiary/aromatic N) is 4. The Bertz CT molecular complexity index is 1020. The molecule has 0 radical (unpaired) electrons. The van der Waals surface area contributed by atoms with Crippen molar-refractivity contribution in [1.82, 2.24) is 25.1 Å². The Morgan fingerprint density at radius 2 is 2.14 bits per heavy atom. The molecule has 0 saturated heterocycles. The van der Waals surface area contributed by atoms with Gasteiger partial charge in [-0.1, -0.05) is 25.6 Å². The molecule has 1 aliphatic rings. The molecule has 152 valence electrons. The number of ether oxygens (including phenoxy) is 1. The molecule has 0 aromatic carbocycles. The summed E-state index contributed by atoms with van der Waals surface area (Å²) >= 11 is 1.53. The maximum Gasteiger partial charge on any atom is 0.213 e. The van der Waals surface area contributed by atoms with Crippen molar-refractivity contribution in [2.24, 2.45) is 5.41 Å². The Morgan fingerprint density at radius 3 is 2.93 bits per heavy atom. The molecular weight excluding hydrogens is 384 g/mol. The summed E-state index contributed by atoms with van der Waals surface area (Å²) in [6.45, 7) is 5.24. The largest absolute Gasteiger partial charge is 0.481 e. The molecule has 2 N–H and O–H groups in total. The third-order valence-electron chi connectivity index (χ3n) is 5.27. The number of nitrogens with one attached hydrogen (secondary N) is 2. The molecule has 0 aliphatic heterocycles. The molecule has 3 heterocycles. The number of rotatable bonds is 6. The number of aromatic amines is 1. The van der Waals surface area contributed by atoms with E-state index in [2.05, 4.69) is 39.3 Å². The van der Waals surface area contributed by atoms with Gasteiger partial charge in [0.05, 0.1) is 12.8 Å². The van der Waals surface area contributed by atoms with Gasteiger partial charge in [0.25, 0.3) is 0 Å². The zero-order valence-electron chi connectivity index (χ0n) is 17.2. The van der Waals surface area contributed by atoms with Crippen molar-refractivity contribution >= 4 is 17.6 Å². The molecule has 3 aromatic rings. The summed E-state index contributed by atoms with van der Waals surface area (Å²) in [4.78, 5) is 13.5. The summed E-state index contributed by atoms with van der Waals surface area (Å²) in [5.74, 6) is 1.38. The van der Waals surface area contributed by atoms with Crippen molar-refractivity contribution in [3.63, 3.8) is 0 Å². The second kappa shape index (κ2) is 8.02. The normalized spacial score (nSPS) is 15.0. The molecule has 0 spiro atoms. The number of H-pyrrole nitrogens is 1. The monoisotopic (exact) mass is 410 g/mol. The second-order valence-corrected chi connectivity index (χ2v) is 8.83. The van der Waals surface area contributed by atoms with E-state index in [4.69, 9.17) is 9.72 Å². The molecule has 0 saturated carbocycles. The zero-order valence-corrected chi connectivity index (χ0v) is 18.1. The molecule has 0 amide bonds. The fraction of sp³-hybridized carbons (Fsp3) is 0.429. The highest BCUT2D eigenvalue weighted by Gasteiger charge is 2.29. The Labute approximate surface area is 175 Å².